The number of amides is 1. The Morgan fingerprint density at radius 1 is 0.652 bits per heavy atom. The first kappa shape index (κ1) is 30.4. The first-order chi connectivity index (χ1) is 22.4. The van der Waals surface area contributed by atoms with E-state index in [0.29, 0.717) is 5.69 Å². The third-order valence-electron chi connectivity index (χ3n) is 8.93. The molecule has 5 aromatic rings. The monoisotopic (exact) mass is 739 g/mol. The van der Waals surface area contributed by atoms with Crippen LogP contribution in [0.3, 0.4) is 0 Å². The van der Waals surface area contributed by atoms with Crippen LogP contribution in [0.1, 0.15) is 0 Å². The molecule has 8 heteroatoms. The van der Waals surface area contributed by atoms with Gasteiger partial charge in [-0.1, -0.05) is 0 Å². The Bertz CT molecular complexity index is 1760. The number of nitrogens with one attached hydrogen (secondary N) is 1. The van der Waals surface area contributed by atoms with Gasteiger partial charge in [0, 0.05) is 0 Å². The Morgan fingerprint density at radius 2 is 1.09 bits per heavy atom. The molecule has 1 fully saturated rings. The van der Waals surface area contributed by atoms with Crippen molar-refractivity contribution < 1.29 is 21.7 Å². The number of carbonyl (C=O) groups excluding carboxylic acids is 2. The van der Waals surface area contributed by atoms with E-state index < -0.39 is 59.6 Å². The van der Waals surface area contributed by atoms with Crippen LogP contribution >= 0.6 is 11.6 Å². The number of rotatable bonds is 8. The molecule has 46 heavy (non-hydrogen) atoms. The molecule has 230 valence electrons. The molecule has 1 saturated heterocycles. The zero-order chi connectivity index (χ0) is 31.8. The summed E-state index contributed by atoms with van der Waals surface area (Å²) in [7, 11) is 0. The molecule has 4 atom stereocenters. The predicted molar refractivity (Wildman–Crippen MR) is 181 cm³/mol. The zero-order valence-corrected chi connectivity index (χ0v) is 27.9. The predicted octanol–water partition coefficient (Wildman–Crippen LogP) is 5.06. The molecule has 1 N–H and O–H groups in total. The molecule has 7 rings (SSSR count). The summed E-state index contributed by atoms with van der Waals surface area (Å²) in [6.45, 7) is 0. The fourth-order valence-electron chi connectivity index (χ4n) is 6.90. The standard InChI is InChI=1S/C14H11ClFNO4.4C6H5.Sb/c15-7-5-6(1-2-8(7)16)17-13(18)11-9-3-4-10(21-9)12(11)14(19)20;4*1-2-4-6-5-3-1;/h1-5,9-12H,(H,17,18)(H,19,20);4*1-5H;/q;;;;;+1/p-1/t9-,10+,11-,12+;;;;;/m1...../s1. The van der Waals surface area contributed by atoms with Crippen LogP contribution in [0, 0.1) is 17.7 Å². The molecule has 0 aromatic heterocycles. The summed E-state index contributed by atoms with van der Waals surface area (Å²) < 4.78 is 31.0. The molecule has 0 saturated carbocycles. The third-order valence-corrected chi connectivity index (χ3v) is 25.4. The number of halogens is 2. The Morgan fingerprint density at radius 3 is 1.52 bits per heavy atom. The van der Waals surface area contributed by atoms with Crippen LogP contribution in [-0.4, -0.2) is 41.9 Å². The number of hydrogen-bond acceptors (Lipinski definition) is 4. The topological polar surface area (TPSA) is 64.6 Å². The first-order valence-electron chi connectivity index (χ1n) is 15.0. The van der Waals surface area contributed by atoms with Gasteiger partial charge in [0.15, 0.2) is 0 Å². The van der Waals surface area contributed by atoms with Crippen molar-refractivity contribution in [2.75, 3.05) is 5.32 Å². The summed E-state index contributed by atoms with van der Waals surface area (Å²) in [4.78, 5) is 29.0. The van der Waals surface area contributed by atoms with Crippen molar-refractivity contribution in [1.29, 1.82) is 0 Å². The van der Waals surface area contributed by atoms with Crippen LogP contribution in [0.15, 0.2) is 152 Å². The van der Waals surface area contributed by atoms with Crippen LogP contribution in [0.2, 0.25) is 5.02 Å². The van der Waals surface area contributed by atoms with Crippen LogP contribution in [0.4, 0.5) is 10.1 Å². The van der Waals surface area contributed by atoms with E-state index in [0.717, 1.165) is 14.0 Å². The molecule has 0 spiro atoms. The summed E-state index contributed by atoms with van der Waals surface area (Å²) >= 11 is 0.426. The van der Waals surface area contributed by atoms with Crippen molar-refractivity contribution in [2.45, 2.75) is 12.2 Å². The van der Waals surface area contributed by atoms with Crippen molar-refractivity contribution in [2.24, 2.45) is 11.8 Å². The SMILES string of the molecule is O=C([O][Sb]([c]1ccccc1)([c]1ccccc1)([c]1ccccc1)[c]1ccccc1)[C@@H]1[C@H](C(=O)Nc2ccc(F)c(Cl)c2)[C@H]2C=C[C@@H]1O2. The third kappa shape index (κ3) is 4.79. The molecule has 2 aliphatic heterocycles. The minimum atomic E-state index is -5.56. The van der Waals surface area contributed by atoms with Gasteiger partial charge in [-0.05, 0) is 0 Å². The molecule has 2 heterocycles. The summed E-state index contributed by atoms with van der Waals surface area (Å²) in [6.07, 6.45) is 2.36. The molecule has 1 amide bonds. The summed E-state index contributed by atoms with van der Waals surface area (Å²) in [6, 6.07) is 43.9. The Balaban J connectivity index is 1.42. The fraction of sp³-hybridized carbons (Fsp3) is 0.105. The van der Waals surface area contributed by atoms with Crippen LogP contribution in [0.5, 0.6) is 0 Å². The van der Waals surface area contributed by atoms with Gasteiger partial charge in [-0.25, -0.2) is 0 Å². The number of benzene rings is 5. The van der Waals surface area contributed by atoms with E-state index in [1.807, 2.05) is 133 Å². The Kier molecular flexibility index (Phi) is 8.06. The van der Waals surface area contributed by atoms with Crippen LogP contribution in [-0.2, 0) is 17.3 Å². The average molecular weight is 741 g/mol. The van der Waals surface area contributed by atoms with E-state index in [1.54, 1.807) is 0 Å². The number of fused-ring (bicyclic) bond motifs is 2. The van der Waals surface area contributed by atoms with Gasteiger partial charge < -0.3 is 0 Å². The number of anilines is 1. The molecule has 0 radical (unpaired) electrons. The summed E-state index contributed by atoms with van der Waals surface area (Å²) in [5, 5.41) is 2.71. The van der Waals surface area contributed by atoms with Gasteiger partial charge in [0.25, 0.3) is 0 Å². The van der Waals surface area contributed by atoms with Crippen LogP contribution < -0.4 is 19.4 Å². The Labute approximate surface area is 273 Å². The minimum absolute atomic E-state index is 0.116. The molecular weight excluding hydrogens is 711 g/mol. The Hall–Kier alpha value is -4.22. The molecule has 0 unspecified atom stereocenters. The van der Waals surface area contributed by atoms with E-state index in [1.165, 1.54) is 18.2 Å². The number of ether oxygens (including phenoxy) is 1. The van der Waals surface area contributed by atoms with Crippen molar-refractivity contribution in [1.82, 2.24) is 0 Å². The van der Waals surface area contributed by atoms with Gasteiger partial charge in [-0.2, -0.15) is 0 Å². The first-order valence-corrected chi connectivity index (χ1v) is 21.5. The molecular formula is C38H30ClFNO4Sb. The second-order valence-corrected chi connectivity index (χ2v) is 24.1. The maximum atomic E-state index is 15.1. The average Bonchev–Trinajstić information content (AvgIpc) is 3.73. The maximum absolute atomic E-state index is 15.1. The molecule has 0 aliphatic carbocycles. The fourth-order valence-corrected chi connectivity index (χ4v) is 23.2. The zero-order valence-electron chi connectivity index (χ0n) is 24.6. The number of carbonyl (C=O) groups is 2. The molecule has 5 nitrogen and oxygen atoms in total. The van der Waals surface area contributed by atoms with Gasteiger partial charge >= 0.3 is 275 Å². The summed E-state index contributed by atoms with van der Waals surface area (Å²) in [5.74, 6) is -3.36. The summed E-state index contributed by atoms with van der Waals surface area (Å²) in [5.41, 5.74) is 0.321. The van der Waals surface area contributed by atoms with Crippen molar-refractivity contribution in [3.63, 3.8) is 0 Å². The van der Waals surface area contributed by atoms with E-state index in [4.69, 9.17) is 19.4 Å². The van der Waals surface area contributed by atoms with Gasteiger partial charge in [0.2, 0.25) is 0 Å². The molecule has 2 aliphatic rings. The second-order valence-electron chi connectivity index (χ2n) is 11.4. The van der Waals surface area contributed by atoms with Crippen LogP contribution in [0.25, 0.3) is 0 Å². The van der Waals surface area contributed by atoms with Crippen molar-refractivity contribution in [3.05, 3.63) is 163 Å². The van der Waals surface area contributed by atoms with Gasteiger partial charge in [-0.3, -0.25) is 0 Å². The second kappa shape index (κ2) is 12.2. The van der Waals surface area contributed by atoms with E-state index >= 15 is 4.79 Å². The quantitative estimate of drug-likeness (QED) is 0.179. The molecule has 5 aromatic carbocycles. The number of hydrogen-bond donors (Lipinski definition) is 1. The van der Waals surface area contributed by atoms with E-state index in [9.17, 15) is 9.18 Å². The van der Waals surface area contributed by atoms with E-state index in [2.05, 4.69) is 5.32 Å². The van der Waals surface area contributed by atoms with Crippen molar-refractivity contribution in [3.8, 4) is 0 Å². The normalized spacial score (nSPS) is 20.9. The van der Waals surface area contributed by atoms with Gasteiger partial charge in [-0.15, -0.1) is 0 Å². The van der Waals surface area contributed by atoms with Gasteiger partial charge in [0.1, 0.15) is 0 Å². The van der Waals surface area contributed by atoms with Crippen molar-refractivity contribution >= 4 is 61.0 Å². The van der Waals surface area contributed by atoms with Gasteiger partial charge in [0.05, 0.1) is 0 Å². The molecule has 2 bridgehead atoms. The van der Waals surface area contributed by atoms with E-state index in [-0.39, 0.29) is 5.02 Å².